The number of furan rings is 1. The summed E-state index contributed by atoms with van der Waals surface area (Å²) in [6.07, 6.45) is 3.08. The highest BCUT2D eigenvalue weighted by Gasteiger charge is 2.21. The lowest BCUT2D eigenvalue weighted by Crippen LogP contribution is -2.51. The number of aryl methyl sites for hydroxylation is 1. The van der Waals surface area contributed by atoms with Gasteiger partial charge >= 0.3 is 0 Å². The van der Waals surface area contributed by atoms with Crippen LogP contribution in [0.4, 0.5) is 5.69 Å². The second-order valence-electron chi connectivity index (χ2n) is 7.02. The molecule has 6 nitrogen and oxygen atoms in total. The van der Waals surface area contributed by atoms with Crippen molar-refractivity contribution < 1.29 is 9.52 Å². The summed E-state index contributed by atoms with van der Waals surface area (Å²) in [4.78, 5) is 6.96. The molecule has 154 valence electrons. The minimum absolute atomic E-state index is 0. The van der Waals surface area contributed by atoms with Crippen molar-refractivity contribution in [1.29, 1.82) is 0 Å². The Morgan fingerprint density at radius 1 is 1.32 bits per heavy atom. The first-order chi connectivity index (χ1) is 13.2. The number of nitrogens with zero attached hydrogens (tertiary/aromatic N) is 2. The van der Waals surface area contributed by atoms with Crippen LogP contribution in [0.1, 0.15) is 37.2 Å². The van der Waals surface area contributed by atoms with Crippen molar-refractivity contribution in [3.05, 3.63) is 54.0 Å². The third-order valence-corrected chi connectivity index (χ3v) is 4.80. The molecule has 1 aromatic heterocycles. The predicted octanol–water partition coefficient (Wildman–Crippen LogP) is 3.46. The standard InChI is InChI=1S/C21H30N4O2.HI/c1-3-22-21(23-14-19(26)20-7-5-13-27-20)24-17-6-4-12-25(15-17)18-10-8-16(2)9-11-18;/h5,7-11,13,17,19,26H,3-4,6,12,14-15H2,1-2H3,(H2,22,23,24);1H. The molecule has 2 heterocycles. The highest BCUT2D eigenvalue weighted by atomic mass is 127. The van der Waals surface area contributed by atoms with Gasteiger partial charge in [0.25, 0.3) is 0 Å². The molecule has 0 amide bonds. The maximum absolute atomic E-state index is 10.2. The van der Waals surface area contributed by atoms with Crippen LogP contribution in [0.25, 0.3) is 0 Å². The Bertz CT molecular complexity index is 719. The molecule has 0 radical (unpaired) electrons. The van der Waals surface area contributed by atoms with Gasteiger partial charge in [-0.25, -0.2) is 0 Å². The van der Waals surface area contributed by atoms with E-state index in [1.54, 1.807) is 18.4 Å². The van der Waals surface area contributed by atoms with E-state index in [2.05, 4.69) is 51.7 Å². The molecule has 1 fully saturated rings. The summed E-state index contributed by atoms with van der Waals surface area (Å²) in [5, 5.41) is 17.0. The molecule has 1 saturated heterocycles. The molecule has 1 aromatic carbocycles. The summed E-state index contributed by atoms with van der Waals surface area (Å²) in [7, 11) is 0. The molecule has 0 saturated carbocycles. The molecule has 3 N–H and O–H groups in total. The maximum Gasteiger partial charge on any atom is 0.191 e. The van der Waals surface area contributed by atoms with E-state index in [1.807, 2.05) is 6.92 Å². The molecule has 2 atom stereocenters. The second kappa shape index (κ2) is 11.3. The minimum atomic E-state index is -0.731. The van der Waals surface area contributed by atoms with Crippen LogP contribution in [0, 0.1) is 6.92 Å². The van der Waals surface area contributed by atoms with E-state index in [1.165, 1.54) is 11.3 Å². The van der Waals surface area contributed by atoms with Crippen molar-refractivity contribution in [2.24, 2.45) is 4.99 Å². The van der Waals surface area contributed by atoms with Gasteiger partial charge in [0.2, 0.25) is 0 Å². The smallest absolute Gasteiger partial charge is 0.191 e. The lowest BCUT2D eigenvalue weighted by atomic mass is 10.0. The molecule has 0 spiro atoms. The average Bonchev–Trinajstić information content (AvgIpc) is 3.22. The van der Waals surface area contributed by atoms with Gasteiger partial charge in [-0.05, 0) is 51.0 Å². The minimum Gasteiger partial charge on any atom is -0.467 e. The Labute approximate surface area is 184 Å². The summed E-state index contributed by atoms with van der Waals surface area (Å²) in [5.74, 6) is 1.27. The van der Waals surface area contributed by atoms with Gasteiger partial charge in [-0.3, -0.25) is 4.99 Å². The average molecular weight is 498 g/mol. The van der Waals surface area contributed by atoms with E-state index >= 15 is 0 Å². The molecular weight excluding hydrogens is 467 g/mol. The SMILES string of the molecule is CCNC(=NCC(O)c1ccco1)NC1CCCN(c2ccc(C)cc2)C1.I. The molecule has 2 unspecified atom stereocenters. The first-order valence-corrected chi connectivity index (χ1v) is 9.73. The van der Waals surface area contributed by atoms with Crippen molar-refractivity contribution in [1.82, 2.24) is 10.6 Å². The molecule has 0 aliphatic carbocycles. The predicted molar refractivity (Wildman–Crippen MR) is 125 cm³/mol. The highest BCUT2D eigenvalue weighted by molar-refractivity contribution is 14.0. The van der Waals surface area contributed by atoms with Crippen molar-refractivity contribution >= 4 is 35.6 Å². The first kappa shape index (κ1) is 22.5. The zero-order chi connectivity index (χ0) is 19.1. The van der Waals surface area contributed by atoms with Crippen LogP contribution in [0.2, 0.25) is 0 Å². The summed E-state index contributed by atoms with van der Waals surface area (Å²) >= 11 is 0. The molecule has 3 rings (SSSR count). The van der Waals surface area contributed by atoms with Crippen LogP contribution >= 0.6 is 24.0 Å². The number of hydrogen-bond acceptors (Lipinski definition) is 4. The number of hydrogen-bond donors (Lipinski definition) is 3. The van der Waals surface area contributed by atoms with E-state index in [0.29, 0.717) is 11.8 Å². The van der Waals surface area contributed by atoms with Crippen LogP contribution in [-0.2, 0) is 0 Å². The fraction of sp³-hybridized carbons (Fsp3) is 0.476. The van der Waals surface area contributed by atoms with Crippen molar-refractivity contribution in [2.75, 3.05) is 31.1 Å². The molecule has 0 bridgehead atoms. The molecule has 28 heavy (non-hydrogen) atoms. The number of aliphatic imine (C=N–C) groups is 1. The fourth-order valence-electron chi connectivity index (χ4n) is 3.35. The third kappa shape index (κ3) is 6.41. The van der Waals surface area contributed by atoms with Gasteiger partial charge in [-0.2, -0.15) is 0 Å². The van der Waals surface area contributed by atoms with Crippen LogP contribution in [0.5, 0.6) is 0 Å². The largest absolute Gasteiger partial charge is 0.467 e. The Kier molecular flexibility index (Phi) is 9.11. The maximum atomic E-state index is 10.2. The summed E-state index contributed by atoms with van der Waals surface area (Å²) in [6, 6.07) is 12.6. The van der Waals surface area contributed by atoms with Crippen LogP contribution in [0.3, 0.4) is 0 Å². The third-order valence-electron chi connectivity index (χ3n) is 4.80. The van der Waals surface area contributed by atoms with Crippen molar-refractivity contribution in [2.45, 2.75) is 38.8 Å². The van der Waals surface area contributed by atoms with Crippen molar-refractivity contribution in [3.8, 4) is 0 Å². The summed E-state index contributed by atoms with van der Waals surface area (Å²) in [6.45, 7) is 7.20. The number of aliphatic hydroxyl groups is 1. The van der Waals surface area contributed by atoms with Gasteiger partial charge in [0.15, 0.2) is 5.96 Å². The van der Waals surface area contributed by atoms with Gasteiger partial charge in [-0.1, -0.05) is 17.7 Å². The number of nitrogens with one attached hydrogen (secondary N) is 2. The highest BCUT2D eigenvalue weighted by Crippen LogP contribution is 2.20. The molecule has 2 aromatic rings. The van der Waals surface area contributed by atoms with Gasteiger partial charge in [-0.15, -0.1) is 24.0 Å². The van der Waals surface area contributed by atoms with E-state index in [-0.39, 0.29) is 30.5 Å². The molecule has 1 aliphatic rings. The van der Waals surface area contributed by atoms with E-state index in [9.17, 15) is 5.11 Å². The van der Waals surface area contributed by atoms with Gasteiger partial charge in [0.1, 0.15) is 11.9 Å². The van der Waals surface area contributed by atoms with Gasteiger partial charge < -0.3 is 25.1 Å². The topological polar surface area (TPSA) is 73.0 Å². The number of guanidine groups is 1. The van der Waals surface area contributed by atoms with E-state index < -0.39 is 6.10 Å². The number of aliphatic hydroxyl groups excluding tert-OH is 1. The zero-order valence-electron chi connectivity index (χ0n) is 16.6. The molecular formula is C21H31IN4O2. The number of halogens is 1. The lowest BCUT2D eigenvalue weighted by molar-refractivity contribution is 0.158. The van der Waals surface area contributed by atoms with Crippen molar-refractivity contribution in [3.63, 3.8) is 0 Å². The van der Waals surface area contributed by atoms with E-state index in [4.69, 9.17) is 4.42 Å². The number of benzene rings is 1. The molecule has 1 aliphatic heterocycles. The molecule has 7 heteroatoms. The van der Waals surface area contributed by atoms with Gasteiger partial charge in [0, 0.05) is 31.4 Å². The fourth-order valence-corrected chi connectivity index (χ4v) is 3.35. The number of rotatable bonds is 6. The Hall–Kier alpha value is -1.74. The second-order valence-corrected chi connectivity index (χ2v) is 7.02. The summed E-state index contributed by atoms with van der Waals surface area (Å²) < 4.78 is 5.24. The lowest BCUT2D eigenvalue weighted by Gasteiger charge is -2.35. The monoisotopic (exact) mass is 498 g/mol. The van der Waals surface area contributed by atoms with Gasteiger partial charge in [0.05, 0.1) is 12.8 Å². The number of anilines is 1. The number of piperidine rings is 1. The Balaban J connectivity index is 0.00000280. The first-order valence-electron chi connectivity index (χ1n) is 9.73. The Morgan fingerprint density at radius 3 is 2.79 bits per heavy atom. The zero-order valence-corrected chi connectivity index (χ0v) is 18.9. The quantitative estimate of drug-likeness (QED) is 0.323. The van der Waals surface area contributed by atoms with Crippen LogP contribution in [0.15, 0.2) is 52.1 Å². The van der Waals surface area contributed by atoms with Crippen LogP contribution < -0.4 is 15.5 Å². The van der Waals surface area contributed by atoms with Crippen LogP contribution in [-0.4, -0.2) is 43.3 Å². The van der Waals surface area contributed by atoms with E-state index in [0.717, 1.165) is 38.4 Å². The Morgan fingerprint density at radius 2 is 2.11 bits per heavy atom. The summed E-state index contributed by atoms with van der Waals surface area (Å²) in [5.41, 5.74) is 2.55. The normalized spacial score (nSPS) is 18.3.